The van der Waals surface area contributed by atoms with Crippen molar-refractivity contribution < 1.29 is 4.79 Å². The Bertz CT molecular complexity index is 607. The Morgan fingerprint density at radius 2 is 2.11 bits per heavy atom. The number of halogens is 2. The molecule has 1 aromatic carbocycles. The molecule has 0 aliphatic carbocycles. The second-order valence-corrected chi connectivity index (χ2v) is 5.40. The van der Waals surface area contributed by atoms with Crippen LogP contribution in [0.4, 0.5) is 5.69 Å². The summed E-state index contributed by atoms with van der Waals surface area (Å²) in [5.41, 5.74) is 2.25. The van der Waals surface area contributed by atoms with Gasteiger partial charge < -0.3 is 9.88 Å². The number of hydrogen-bond acceptors (Lipinski definition) is 1. The molecule has 0 spiro atoms. The van der Waals surface area contributed by atoms with Crippen molar-refractivity contribution in [2.24, 2.45) is 7.05 Å². The highest BCUT2D eigenvalue weighted by molar-refractivity contribution is 9.10. The normalized spacial score (nSPS) is 10.4. The Morgan fingerprint density at radius 3 is 2.67 bits per heavy atom. The quantitative estimate of drug-likeness (QED) is 0.888. The Kier molecular flexibility index (Phi) is 3.78. The molecule has 18 heavy (non-hydrogen) atoms. The fourth-order valence-corrected chi connectivity index (χ4v) is 2.32. The SMILES string of the molecule is Cc1ccc(NC(=O)c2cc(Br)cn2C)cc1Cl. The molecule has 0 fully saturated rings. The van der Waals surface area contributed by atoms with Crippen molar-refractivity contribution in [3.05, 3.63) is 51.2 Å². The van der Waals surface area contributed by atoms with E-state index in [0.29, 0.717) is 16.4 Å². The largest absolute Gasteiger partial charge is 0.345 e. The summed E-state index contributed by atoms with van der Waals surface area (Å²) >= 11 is 9.35. The van der Waals surface area contributed by atoms with Crippen LogP contribution in [0, 0.1) is 6.92 Å². The molecule has 0 saturated heterocycles. The van der Waals surface area contributed by atoms with E-state index in [0.717, 1.165) is 10.0 Å². The zero-order valence-electron chi connectivity index (χ0n) is 10.00. The Balaban J connectivity index is 2.21. The van der Waals surface area contributed by atoms with E-state index in [9.17, 15) is 4.79 Å². The number of anilines is 1. The number of carbonyl (C=O) groups is 1. The van der Waals surface area contributed by atoms with Gasteiger partial charge in [-0.05, 0) is 46.6 Å². The number of carbonyl (C=O) groups excluding carboxylic acids is 1. The van der Waals surface area contributed by atoms with Crippen LogP contribution in [0.15, 0.2) is 34.9 Å². The van der Waals surface area contributed by atoms with Crippen molar-refractivity contribution in [3.63, 3.8) is 0 Å². The van der Waals surface area contributed by atoms with Crippen LogP contribution in [0.3, 0.4) is 0 Å². The van der Waals surface area contributed by atoms with Crippen LogP contribution in [-0.4, -0.2) is 10.5 Å². The maximum atomic E-state index is 12.0. The molecule has 5 heteroatoms. The average molecular weight is 328 g/mol. The predicted molar refractivity (Wildman–Crippen MR) is 77.3 cm³/mol. The summed E-state index contributed by atoms with van der Waals surface area (Å²) in [4.78, 5) is 12.0. The summed E-state index contributed by atoms with van der Waals surface area (Å²) in [6.45, 7) is 1.92. The summed E-state index contributed by atoms with van der Waals surface area (Å²) in [5.74, 6) is -0.164. The van der Waals surface area contributed by atoms with Gasteiger partial charge in [0.05, 0.1) is 0 Å². The second kappa shape index (κ2) is 5.16. The molecule has 0 bridgehead atoms. The molecule has 0 aliphatic rings. The highest BCUT2D eigenvalue weighted by Gasteiger charge is 2.11. The molecule has 3 nitrogen and oxygen atoms in total. The average Bonchev–Trinajstić information content (AvgIpc) is 2.63. The van der Waals surface area contributed by atoms with Crippen LogP contribution in [0.5, 0.6) is 0 Å². The molecule has 0 atom stereocenters. The minimum Gasteiger partial charge on any atom is -0.345 e. The number of nitrogens with zero attached hydrogens (tertiary/aromatic N) is 1. The van der Waals surface area contributed by atoms with Crippen molar-refractivity contribution in [1.82, 2.24) is 4.57 Å². The fourth-order valence-electron chi connectivity index (χ4n) is 1.62. The first-order valence-corrected chi connectivity index (χ1v) is 6.54. The molecule has 2 aromatic rings. The summed E-state index contributed by atoms with van der Waals surface area (Å²) < 4.78 is 2.63. The maximum absolute atomic E-state index is 12.0. The molecule has 0 aliphatic heterocycles. The number of rotatable bonds is 2. The van der Waals surface area contributed by atoms with Crippen LogP contribution in [0.1, 0.15) is 16.1 Å². The third kappa shape index (κ3) is 2.76. The van der Waals surface area contributed by atoms with E-state index >= 15 is 0 Å². The van der Waals surface area contributed by atoms with Crippen molar-refractivity contribution in [1.29, 1.82) is 0 Å². The molecule has 1 heterocycles. The molecule has 1 N–H and O–H groups in total. The Morgan fingerprint density at radius 1 is 1.39 bits per heavy atom. The molecular weight excluding hydrogens is 316 g/mol. The minimum atomic E-state index is -0.164. The molecule has 94 valence electrons. The predicted octanol–water partition coefficient (Wildman–Crippen LogP) is 4.00. The maximum Gasteiger partial charge on any atom is 0.272 e. The van der Waals surface area contributed by atoms with Gasteiger partial charge in [0.15, 0.2) is 0 Å². The van der Waals surface area contributed by atoms with Gasteiger partial charge in [0.1, 0.15) is 5.69 Å². The first-order valence-electron chi connectivity index (χ1n) is 5.37. The zero-order valence-corrected chi connectivity index (χ0v) is 12.3. The number of hydrogen-bond donors (Lipinski definition) is 1. The number of benzene rings is 1. The van der Waals surface area contributed by atoms with E-state index in [1.807, 2.05) is 32.3 Å². The zero-order chi connectivity index (χ0) is 13.3. The lowest BCUT2D eigenvalue weighted by atomic mass is 10.2. The highest BCUT2D eigenvalue weighted by Crippen LogP contribution is 2.21. The van der Waals surface area contributed by atoms with Gasteiger partial charge >= 0.3 is 0 Å². The minimum absolute atomic E-state index is 0.164. The van der Waals surface area contributed by atoms with Crippen LogP contribution in [-0.2, 0) is 7.05 Å². The number of aromatic nitrogens is 1. The summed E-state index contributed by atoms with van der Waals surface area (Å²) in [5, 5.41) is 3.46. The lowest BCUT2D eigenvalue weighted by Crippen LogP contribution is -2.15. The van der Waals surface area contributed by atoms with Crippen molar-refractivity contribution in [3.8, 4) is 0 Å². The molecule has 0 radical (unpaired) electrons. The van der Waals surface area contributed by atoms with E-state index in [1.54, 1.807) is 16.7 Å². The summed E-state index contributed by atoms with van der Waals surface area (Å²) in [7, 11) is 1.82. The van der Waals surface area contributed by atoms with Crippen LogP contribution < -0.4 is 5.32 Å². The fraction of sp³-hybridized carbons (Fsp3) is 0.154. The van der Waals surface area contributed by atoms with Crippen LogP contribution >= 0.6 is 27.5 Å². The van der Waals surface area contributed by atoms with Crippen molar-refractivity contribution in [2.75, 3.05) is 5.32 Å². The van der Waals surface area contributed by atoms with E-state index in [2.05, 4.69) is 21.2 Å². The molecule has 2 rings (SSSR count). The van der Waals surface area contributed by atoms with Gasteiger partial charge in [-0.25, -0.2) is 0 Å². The van der Waals surface area contributed by atoms with Crippen molar-refractivity contribution in [2.45, 2.75) is 6.92 Å². The smallest absolute Gasteiger partial charge is 0.272 e. The number of nitrogens with one attached hydrogen (secondary N) is 1. The van der Waals surface area contributed by atoms with Gasteiger partial charge in [0.2, 0.25) is 0 Å². The topological polar surface area (TPSA) is 34.0 Å². The third-order valence-electron chi connectivity index (χ3n) is 2.63. The van der Waals surface area contributed by atoms with Gasteiger partial charge in [-0.3, -0.25) is 4.79 Å². The monoisotopic (exact) mass is 326 g/mol. The molecule has 1 amide bonds. The van der Waals surface area contributed by atoms with Crippen LogP contribution in [0.25, 0.3) is 0 Å². The molecular formula is C13H12BrClN2O. The lowest BCUT2D eigenvalue weighted by molar-refractivity contribution is 0.101. The Labute approximate surface area is 119 Å². The molecule has 0 unspecified atom stereocenters. The summed E-state index contributed by atoms with van der Waals surface area (Å²) in [6, 6.07) is 7.22. The number of aryl methyl sites for hydroxylation is 2. The van der Waals surface area contributed by atoms with Gasteiger partial charge in [-0.2, -0.15) is 0 Å². The standard InChI is InChI=1S/C13H12BrClN2O/c1-8-3-4-10(6-11(8)15)16-13(18)12-5-9(14)7-17(12)2/h3-7H,1-2H3,(H,16,18). The van der Waals surface area contributed by atoms with E-state index in [4.69, 9.17) is 11.6 Å². The number of amides is 1. The van der Waals surface area contributed by atoms with Gasteiger partial charge in [0.25, 0.3) is 5.91 Å². The molecule has 1 aromatic heterocycles. The highest BCUT2D eigenvalue weighted by atomic mass is 79.9. The van der Waals surface area contributed by atoms with Crippen LogP contribution in [0.2, 0.25) is 5.02 Å². The van der Waals surface area contributed by atoms with E-state index in [1.165, 1.54) is 0 Å². The molecule has 0 saturated carbocycles. The van der Waals surface area contributed by atoms with E-state index in [-0.39, 0.29) is 5.91 Å². The first-order chi connectivity index (χ1) is 8.47. The van der Waals surface area contributed by atoms with Gasteiger partial charge in [-0.1, -0.05) is 17.7 Å². The van der Waals surface area contributed by atoms with Gasteiger partial charge in [0, 0.05) is 28.4 Å². The second-order valence-electron chi connectivity index (χ2n) is 4.07. The van der Waals surface area contributed by atoms with E-state index < -0.39 is 0 Å². The van der Waals surface area contributed by atoms with Crippen molar-refractivity contribution >= 4 is 39.1 Å². The lowest BCUT2D eigenvalue weighted by Gasteiger charge is -2.07. The first kappa shape index (κ1) is 13.2. The third-order valence-corrected chi connectivity index (χ3v) is 3.47. The Hall–Kier alpha value is -1.26. The van der Waals surface area contributed by atoms with Gasteiger partial charge in [-0.15, -0.1) is 0 Å². The summed E-state index contributed by atoms with van der Waals surface area (Å²) in [6.07, 6.45) is 1.83.